The number of carbonyl (C=O) groups is 4. The lowest BCUT2D eigenvalue weighted by atomic mass is 10.0. The number of aliphatic hydroxyl groups excluding tert-OH is 1. The lowest BCUT2D eigenvalue weighted by Gasteiger charge is -2.23. The Balaban J connectivity index is 1.99. The Hall–Kier alpha value is -4.17. The van der Waals surface area contributed by atoms with Gasteiger partial charge in [0, 0.05) is 23.6 Å². The number of nitrogens with zero attached hydrogens (tertiary/aromatic N) is 1. The first-order valence-electron chi connectivity index (χ1n) is 11.6. The van der Waals surface area contributed by atoms with Gasteiger partial charge in [0.15, 0.2) is 5.96 Å². The zero-order chi connectivity index (χ0) is 27.5. The van der Waals surface area contributed by atoms with Crippen molar-refractivity contribution in [2.45, 2.75) is 50.4 Å². The number of aromatic nitrogens is 1. The number of aliphatic hydroxyl groups is 1. The van der Waals surface area contributed by atoms with Crippen LogP contribution < -0.4 is 33.2 Å². The highest BCUT2D eigenvalue weighted by Gasteiger charge is 2.28. The van der Waals surface area contributed by atoms with Crippen LogP contribution in [0.25, 0.3) is 10.9 Å². The minimum absolute atomic E-state index is 0.0624. The van der Waals surface area contributed by atoms with Gasteiger partial charge in [-0.1, -0.05) is 18.2 Å². The number of hydrogen-bond acceptors (Lipinski definition) is 7. The molecule has 0 bridgehead atoms. The number of fused-ring (bicyclic) bond motifs is 1. The van der Waals surface area contributed by atoms with Crippen LogP contribution in [0.5, 0.6) is 0 Å². The molecule has 0 aliphatic carbocycles. The molecular weight excluding hydrogens is 484 g/mol. The van der Waals surface area contributed by atoms with E-state index in [0.717, 1.165) is 16.5 Å². The second-order valence-corrected chi connectivity index (χ2v) is 8.49. The minimum Gasteiger partial charge on any atom is -0.480 e. The van der Waals surface area contributed by atoms with Gasteiger partial charge >= 0.3 is 5.97 Å². The number of H-pyrrole nitrogens is 1. The largest absolute Gasteiger partial charge is 0.480 e. The quantitative estimate of drug-likeness (QED) is 0.0735. The molecule has 14 nitrogen and oxygen atoms in total. The maximum absolute atomic E-state index is 12.8. The SMILES string of the molecule is CC(NC(=O)C(N)Cc1c[nH]c2ccccc12)C(=O)NC(CCCN=C(N)N)C(=O)NC(CO)C(=O)O. The number of para-hydroxylation sites is 1. The molecule has 3 amide bonds. The summed E-state index contributed by atoms with van der Waals surface area (Å²) in [6.45, 7) is 0.754. The van der Waals surface area contributed by atoms with Crippen molar-refractivity contribution in [2.24, 2.45) is 22.2 Å². The predicted octanol–water partition coefficient (Wildman–Crippen LogP) is -2.36. The minimum atomic E-state index is -1.55. The molecule has 0 aliphatic heterocycles. The lowest BCUT2D eigenvalue weighted by Crippen LogP contribution is -2.56. The number of carbonyl (C=O) groups excluding carboxylic acids is 3. The number of carboxylic acids is 1. The molecule has 2 aromatic rings. The van der Waals surface area contributed by atoms with E-state index in [1.807, 2.05) is 24.3 Å². The number of benzene rings is 1. The summed E-state index contributed by atoms with van der Waals surface area (Å²) in [5.74, 6) is -3.66. The van der Waals surface area contributed by atoms with Crippen molar-refractivity contribution in [1.82, 2.24) is 20.9 Å². The second-order valence-electron chi connectivity index (χ2n) is 8.49. The van der Waals surface area contributed by atoms with E-state index in [1.54, 1.807) is 6.20 Å². The summed E-state index contributed by atoms with van der Waals surface area (Å²) in [5, 5.41) is 26.4. The molecule has 0 fully saturated rings. The Morgan fingerprint density at radius 2 is 1.70 bits per heavy atom. The molecule has 12 N–H and O–H groups in total. The first kappa shape index (κ1) is 29.1. The van der Waals surface area contributed by atoms with Gasteiger partial charge in [-0.3, -0.25) is 19.4 Å². The van der Waals surface area contributed by atoms with Crippen LogP contribution in [-0.2, 0) is 25.6 Å². The van der Waals surface area contributed by atoms with Crippen LogP contribution >= 0.6 is 0 Å². The Labute approximate surface area is 213 Å². The van der Waals surface area contributed by atoms with Crippen molar-refractivity contribution in [2.75, 3.05) is 13.2 Å². The highest BCUT2D eigenvalue weighted by atomic mass is 16.4. The van der Waals surface area contributed by atoms with Crippen LogP contribution in [0.15, 0.2) is 35.5 Å². The van der Waals surface area contributed by atoms with E-state index >= 15 is 0 Å². The number of carboxylic acid groups (broad SMARTS) is 1. The van der Waals surface area contributed by atoms with Gasteiger partial charge in [-0.2, -0.15) is 0 Å². The van der Waals surface area contributed by atoms with Crippen molar-refractivity contribution < 1.29 is 29.4 Å². The third kappa shape index (κ3) is 8.77. The lowest BCUT2D eigenvalue weighted by molar-refractivity contribution is -0.143. The molecule has 0 saturated heterocycles. The van der Waals surface area contributed by atoms with Crippen LogP contribution in [0.1, 0.15) is 25.3 Å². The summed E-state index contributed by atoms with van der Waals surface area (Å²) in [4.78, 5) is 56.1. The summed E-state index contributed by atoms with van der Waals surface area (Å²) >= 11 is 0. The van der Waals surface area contributed by atoms with E-state index in [2.05, 4.69) is 25.9 Å². The number of aliphatic carboxylic acids is 1. The Morgan fingerprint density at radius 3 is 2.35 bits per heavy atom. The number of hydrogen-bond donors (Lipinski definition) is 9. The molecule has 14 heteroatoms. The molecule has 2 rings (SSSR count). The number of aromatic amines is 1. The standard InChI is InChI=1S/C23H34N8O6/c1-12(29-20(34)15(24)9-13-10-28-16-6-3-2-5-14(13)16)19(33)30-17(7-4-8-27-23(25)26)21(35)31-18(11-32)22(36)37/h2-3,5-6,10,12,15,17-18,28,32H,4,7-9,11,24H2,1H3,(H,29,34)(H,30,33)(H,31,35)(H,36,37)(H4,25,26,27). The summed E-state index contributed by atoms with van der Waals surface area (Å²) in [5.41, 5.74) is 18.4. The zero-order valence-electron chi connectivity index (χ0n) is 20.4. The van der Waals surface area contributed by atoms with Crippen molar-refractivity contribution >= 4 is 40.6 Å². The van der Waals surface area contributed by atoms with Gasteiger partial charge in [0.2, 0.25) is 17.7 Å². The Morgan fingerprint density at radius 1 is 1.03 bits per heavy atom. The summed E-state index contributed by atoms with van der Waals surface area (Å²) in [6.07, 6.45) is 2.35. The molecule has 1 heterocycles. The molecule has 4 unspecified atom stereocenters. The van der Waals surface area contributed by atoms with E-state index in [-0.39, 0.29) is 31.8 Å². The molecule has 0 saturated carbocycles. The zero-order valence-corrected chi connectivity index (χ0v) is 20.4. The fraction of sp³-hybridized carbons (Fsp3) is 0.435. The highest BCUT2D eigenvalue weighted by Crippen LogP contribution is 2.18. The average molecular weight is 519 g/mol. The smallest absolute Gasteiger partial charge is 0.328 e. The van der Waals surface area contributed by atoms with Gasteiger partial charge in [0.25, 0.3) is 0 Å². The van der Waals surface area contributed by atoms with E-state index in [1.165, 1.54) is 6.92 Å². The number of nitrogens with two attached hydrogens (primary N) is 3. The number of nitrogens with one attached hydrogen (secondary N) is 4. The maximum atomic E-state index is 12.8. The van der Waals surface area contributed by atoms with E-state index < -0.39 is 54.5 Å². The van der Waals surface area contributed by atoms with Crippen LogP contribution in [0, 0.1) is 0 Å². The molecule has 202 valence electrons. The third-order valence-corrected chi connectivity index (χ3v) is 5.58. The van der Waals surface area contributed by atoms with Crippen LogP contribution in [0.2, 0.25) is 0 Å². The second kappa shape index (κ2) is 13.8. The van der Waals surface area contributed by atoms with E-state index in [4.69, 9.17) is 22.3 Å². The molecule has 1 aromatic heterocycles. The van der Waals surface area contributed by atoms with Gasteiger partial charge in [0.05, 0.1) is 12.6 Å². The van der Waals surface area contributed by atoms with Crippen molar-refractivity contribution in [1.29, 1.82) is 0 Å². The normalized spacial score (nSPS) is 14.1. The van der Waals surface area contributed by atoms with Gasteiger partial charge in [-0.25, -0.2) is 4.79 Å². The third-order valence-electron chi connectivity index (χ3n) is 5.58. The molecule has 4 atom stereocenters. The molecular formula is C23H34N8O6. The fourth-order valence-corrected chi connectivity index (χ4v) is 3.54. The average Bonchev–Trinajstić information content (AvgIpc) is 3.26. The Kier molecular flexibility index (Phi) is 10.8. The topological polar surface area (TPSA) is 251 Å². The summed E-state index contributed by atoms with van der Waals surface area (Å²) in [7, 11) is 0. The first-order valence-corrected chi connectivity index (χ1v) is 11.6. The van der Waals surface area contributed by atoms with Crippen LogP contribution in [-0.4, -0.2) is 82.2 Å². The first-order chi connectivity index (χ1) is 17.5. The monoisotopic (exact) mass is 518 g/mol. The molecule has 1 aromatic carbocycles. The maximum Gasteiger partial charge on any atom is 0.328 e. The van der Waals surface area contributed by atoms with Gasteiger partial charge in [-0.15, -0.1) is 0 Å². The number of guanidine groups is 1. The molecule has 0 spiro atoms. The molecule has 37 heavy (non-hydrogen) atoms. The molecule has 0 radical (unpaired) electrons. The predicted molar refractivity (Wildman–Crippen MR) is 136 cm³/mol. The van der Waals surface area contributed by atoms with Gasteiger partial charge < -0.3 is 48.3 Å². The van der Waals surface area contributed by atoms with Gasteiger partial charge in [0.1, 0.15) is 18.1 Å². The van der Waals surface area contributed by atoms with Crippen LogP contribution in [0.3, 0.4) is 0 Å². The van der Waals surface area contributed by atoms with Gasteiger partial charge in [-0.05, 0) is 37.8 Å². The highest BCUT2D eigenvalue weighted by molar-refractivity contribution is 5.94. The number of aliphatic imine (C=N–C) groups is 1. The number of rotatable bonds is 14. The summed E-state index contributed by atoms with van der Waals surface area (Å²) in [6, 6.07) is 2.86. The summed E-state index contributed by atoms with van der Waals surface area (Å²) < 4.78 is 0. The molecule has 0 aliphatic rings. The van der Waals surface area contributed by atoms with Crippen LogP contribution in [0.4, 0.5) is 0 Å². The van der Waals surface area contributed by atoms with Crippen molar-refractivity contribution in [3.8, 4) is 0 Å². The Bertz CT molecular complexity index is 1130. The van der Waals surface area contributed by atoms with E-state index in [0.29, 0.717) is 0 Å². The van der Waals surface area contributed by atoms with Crippen molar-refractivity contribution in [3.05, 3.63) is 36.0 Å². The fourth-order valence-electron chi connectivity index (χ4n) is 3.54. The van der Waals surface area contributed by atoms with Crippen molar-refractivity contribution in [3.63, 3.8) is 0 Å². The number of amides is 3. The van der Waals surface area contributed by atoms with E-state index in [9.17, 15) is 24.3 Å².